The van der Waals surface area contributed by atoms with Crippen LogP contribution in [0.25, 0.3) is 0 Å². The molecule has 1 fully saturated rings. The molecule has 0 unspecified atom stereocenters. The topological polar surface area (TPSA) is 53.3 Å². The Morgan fingerprint density at radius 2 is 1.93 bits per heavy atom. The highest BCUT2D eigenvalue weighted by Gasteiger charge is 2.45. The van der Waals surface area contributed by atoms with E-state index in [4.69, 9.17) is 27.9 Å². The molecule has 4 atom stereocenters. The van der Waals surface area contributed by atoms with Gasteiger partial charge in [0.15, 0.2) is 0 Å². The minimum absolute atomic E-state index is 0.229. The van der Waals surface area contributed by atoms with Crippen LogP contribution in [0.2, 0.25) is 10.0 Å². The van der Waals surface area contributed by atoms with Crippen LogP contribution in [0.4, 0.5) is 0 Å². The Labute approximate surface area is 174 Å². The van der Waals surface area contributed by atoms with Crippen LogP contribution in [0, 0.1) is 11.3 Å². The van der Waals surface area contributed by atoms with E-state index in [0.29, 0.717) is 16.5 Å². The standard InChI is InChI=1S/C22H20Cl2N2O2/c1-3-5-19-22(27)26(14(2)13-25)20(15-8-10-17(23)11-9-15)21(28-19)16-6-4-7-18(24)12-16/h3-4,6-12,14,19-21H,1,5H2,2H3/t14-,19+,20-,21+/m1/s1. The van der Waals surface area contributed by atoms with Crippen LogP contribution in [0.15, 0.2) is 61.2 Å². The lowest BCUT2D eigenvalue weighted by Gasteiger charge is -2.45. The molecule has 1 aliphatic rings. The van der Waals surface area contributed by atoms with Gasteiger partial charge in [0.05, 0.1) is 12.1 Å². The number of nitriles is 1. The second-order valence-corrected chi connectivity index (χ2v) is 7.54. The summed E-state index contributed by atoms with van der Waals surface area (Å²) in [6.07, 6.45) is 0.812. The van der Waals surface area contributed by atoms with Gasteiger partial charge in [-0.15, -0.1) is 6.58 Å². The summed E-state index contributed by atoms with van der Waals surface area (Å²) in [7, 11) is 0. The number of hydrogen-bond donors (Lipinski definition) is 0. The Kier molecular flexibility index (Phi) is 6.41. The van der Waals surface area contributed by atoms with Gasteiger partial charge in [0.1, 0.15) is 18.2 Å². The van der Waals surface area contributed by atoms with Crippen molar-refractivity contribution < 1.29 is 9.53 Å². The van der Waals surface area contributed by atoms with Crippen LogP contribution in [-0.2, 0) is 9.53 Å². The first-order valence-electron chi connectivity index (χ1n) is 8.95. The van der Waals surface area contributed by atoms with E-state index in [0.717, 1.165) is 11.1 Å². The zero-order valence-corrected chi connectivity index (χ0v) is 16.9. The molecule has 4 nitrogen and oxygen atoms in total. The number of amides is 1. The van der Waals surface area contributed by atoms with Crippen molar-refractivity contribution in [3.8, 4) is 6.07 Å². The minimum atomic E-state index is -0.708. The highest BCUT2D eigenvalue weighted by molar-refractivity contribution is 6.30. The molecular formula is C22H20Cl2N2O2. The van der Waals surface area contributed by atoms with Crippen molar-refractivity contribution in [2.75, 3.05) is 0 Å². The summed E-state index contributed by atoms with van der Waals surface area (Å²) in [5.74, 6) is -0.229. The number of benzene rings is 2. The van der Waals surface area contributed by atoms with E-state index >= 15 is 0 Å². The van der Waals surface area contributed by atoms with E-state index in [1.54, 1.807) is 36.1 Å². The molecule has 3 rings (SSSR count). The van der Waals surface area contributed by atoms with Crippen molar-refractivity contribution in [1.82, 2.24) is 4.90 Å². The van der Waals surface area contributed by atoms with Gasteiger partial charge in [-0.2, -0.15) is 5.26 Å². The summed E-state index contributed by atoms with van der Waals surface area (Å²) in [5, 5.41) is 10.8. The summed E-state index contributed by atoms with van der Waals surface area (Å²) in [5.41, 5.74) is 1.67. The average Bonchev–Trinajstić information content (AvgIpc) is 2.69. The lowest BCUT2D eigenvalue weighted by atomic mass is 9.90. The van der Waals surface area contributed by atoms with Crippen LogP contribution >= 0.6 is 23.2 Å². The molecule has 6 heteroatoms. The number of carbonyl (C=O) groups excluding carboxylic acids is 1. The maximum Gasteiger partial charge on any atom is 0.253 e. The van der Waals surface area contributed by atoms with E-state index in [1.165, 1.54) is 0 Å². The monoisotopic (exact) mass is 414 g/mol. The molecule has 0 aliphatic carbocycles. The third kappa shape index (κ3) is 4.07. The number of carbonyl (C=O) groups is 1. The van der Waals surface area contributed by atoms with Crippen molar-refractivity contribution in [3.05, 3.63) is 82.4 Å². The number of ether oxygens (including phenoxy) is 1. The van der Waals surface area contributed by atoms with E-state index < -0.39 is 24.3 Å². The van der Waals surface area contributed by atoms with Crippen molar-refractivity contribution in [2.24, 2.45) is 0 Å². The fraction of sp³-hybridized carbons (Fsp3) is 0.273. The van der Waals surface area contributed by atoms with E-state index in [1.807, 2.05) is 30.3 Å². The van der Waals surface area contributed by atoms with Crippen molar-refractivity contribution in [3.63, 3.8) is 0 Å². The molecule has 28 heavy (non-hydrogen) atoms. The molecule has 0 N–H and O–H groups in total. The third-order valence-electron chi connectivity index (χ3n) is 4.80. The average molecular weight is 415 g/mol. The lowest BCUT2D eigenvalue weighted by Crippen LogP contribution is -2.53. The zero-order chi connectivity index (χ0) is 20.3. The van der Waals surface area contributed by atoms with Gasteiger partial charge in [-0.3, -0.25) is 4.79 Å². The van der Waals surface area contributed by atoms with Crippen LogP contribution in [0.1, 0.15) is 36.6 Å². The minimum Gasteiger partial charge on any atom is -0.358 e. The van der Waals surface area contributed by atoms with E-state index in [9.17, 15) is 10.1 Å². The molecule has 2 aromatic rings. The van der Waals surface area contributed by atoms with Crippen LogP contribution in [0.3, 0.4) is 0 Å². The first kappa shape index (κ1) is 20.4. The molecule has 0 spiro atoms. The fourth-order valence-corrected chi connectivity index (χ4v) is 3.83. The van der Waals surface area contributed by atoms with Gasteiger partial charge in [0.25, 0.3) is 5.91 Å². The number of rotatable bonds is 5. The van der Waals surface area contributed by atoms with Crippen molar-refractivity contribution >= 4 is 29.1 Å². The quantitative estimate of drug-likeness (QED) is 0.607. The molecule has 1 heterocycles. The molecular weight excluding hydrogens is 395 g/mol. The summed E-state index contributed by atoms with van der Waals surface area (Å²) in [6.45, 7) is 5.44. The SMILES string of the molecule is C=CC[C@@H]1O[C@@H](c2cccc(Cl)c2)[C@@H](c2ccc(Cl)cc2)N([C@H](C)C#N)C1=O. The van der Waals surface area contributed by atoms with Gasteiger partial charge in [0, 0.05) is 16.5 Å². The van der Waals surface area contributed by atoms with Gasteiger partial charge < -0.3 is 9.64 Å². The molecule has 144 valence electrons. The van der Waals surface area contributed by atoms with Gasteiger partial charge in [0.2, 0.25) is 0 Å². The fourth-order valence-electron chi connectivity index (χ4n) is 3.50. The number of nitrogens with zero attached hydrogens (tertiary/aromatic N) is 2. The second kappa shape index (κ2) is 8.79. The maximum absolute atomic E-state index is 13.2. The molecule has 1 saturated heterocycles. The summed E-state index contributed by atoms with van der Waals surface area (Å²) in [4.78, 5) is 14.8. The second-order valence-electron chi connectivity index (χ2n) is 6.67. The Morgan fingerprint density at radius 1 is 1.21 bits per heavy atom. The van der Waals surface area contributed by atoms with Crippen molar-refractivity contribution in [2.45, 2.75) is 37.6 Å². The molecule has 0 bridgehead atoms. The summed E-state index contributed by atoms with van der Waals surface area (Å²) >= 11 is 12.3. The third-order valence-corrected chi connectivity index (χ3v) is 5.29. The largest absolute Gasteiger partial charge is 0.358 e. The zero-order valence-electron chi connectivity index (χ0n) is 15.4. The van der Waals surface area contributed by atoms with Crippen LogP contribution < -0.4 is 0 Å². The number of morpholine rings is 1. The molecule has 0 saturated carbocycles. The van der Waals surface area contributed by atoms with Gasteiger partial charge in [-0.25, -0.2) is 0 Å². The summed E-state index contributed by atoms with van der Waals surface area (Å²) in [6, 6.07) is 15.7. The molecule has 0 radical (unpaired) electrons. The highest BCUT2D eigenvalue weighted by atomic mass is 35.5. The Balaban J connectivity index is 2.16. The van der Waals surface area contributed by atoms with E-state index in [-0.39, 0.29) is 5.91 Å². The van der Waals surface area contributed by atoms with Crippen LogP contribution in [-0.4, -0.2) is 23.0 Å². The molecule has 2 aromatic carbocycles. The Morgan fingerprint density at radius 3 is 2.54 bits per heavy atom. The smallest absolute Gasteiger partial charge is 0.253 e. The predicted molar refractivity (Wildman–Crippen MR) is 110 cm³/mol. The van der Waals surface area contributed by atoms with Crippen LogP contribution in [0.5, 0.6) is 0 Å². The lowest BCUT2D eigenvalue weighted by molar-refractivity contribution is -0.176. The molecule has 1 aliphatic heterocycles. The highest BCUT2D eigenvalue weighted by Crippen LogP contribution is 2.44. The van der Waals surface area contributed by atoms with Gasteiger partial charge in [-0.05, 0) is 42.3 Å². The number of hydrogen-bond acceptors (Lipinski definition) is 3. The Bertz CT molecular complexity index is 907. The van der Waals surface area contributed by atoms with E-state index in [2.05, 4.69) is 12.6 Å². The van der Waals surface area contributed by atoms with Crippen molar-refractivity contribution in [1.29, 1.82) is 5.26 Å². The van der Waals surface area contributed by atoms with Gasteiger partial charge >= 0.3 is 0 Å². The first-order valence-corrected chi connectivity index (χ1v) is 9.71. The first-order chi connectivity index (χ1) is 13.5. The normalized spacial score (nSPS) is 23.1. The number of halogens is 2. The molecule has 0 aromatic heterocycles. The molecule has 1 amide bonds. The Hall–Kier alpha value is -2.32. The van der Waals surface area contributed by atoms with Gasteiger partial charge in [-0.1, -0.05) is 53.5 Å². The maximum atomic E-state index is 13.2. The predicted octanol–water partition coefficient (Wildman–Crippen LogP) is 5.49. The summed E-state index contributed by atoms with van der Waals surface area (Å²) < 4.78 is 6.24.